The van der Waals surface area contributed by atoms with Crippen molar-refractivity contribution >= 4 is 17.5 Å². The summed E-state index contributed by atoms with van der Waals surface area (Å²) < 4.78 is 0. The first-order chi connectivity index (χ1) is 14.2. The maximum atomic E-state index is 11.2. The number of hydroxylamine groups is 1. The van der Waals surface area contributed by atoms with E-state index in [0.29, 0.717) is 31.2 Å². The summed E-state index contributed by atoms with van der Waals surface area (Å²) in [7, 11) is 1.98. The van der Waals surface area contributed by atoms with E-state index in [4.69, 9.17) is 10.2 Å². The lowest BCUT2D eigenvalue weighted by Gasteiger charge is -2.20. The summed E-state index contributed by atoms with van der Waals surface area (Å²) in [4.78, 5) is 26.7. The molecule has 0 radical (unpaired) electrons. The Bertz CT molecular complexity index is 921. The maximum Gasteiger partial charge on any atom is 0.243 e. The predicted octanol–water partition coefficient (Wildman–Crippen LogP) is 2.87. The second-order valence-electron chi connectivity index (χ2n) is 6.58. The highest BCUT2D eigenvalue weighted by Gasteiger charge is 2.11. The van der Waals surface area contributed by atoms with Crippen molar-refractivity contribution in [1.82, 2.24) is 20.4 Å². The Kier molecular flexibility index (Phi) is 7.07. The van der Waals surface area contributed by atoms with Crippen molar-refractivity contribution in [2.45, 2.75) is 19.4 Å². The molecule has 3 aromatic rings. The number of carbonyl (C=O) groups excluding carboxylic acids is 1. The van der Waals surface area contributed by atoms with Gasteiger partial charge in [-0.1, -0.05) is 30.3 Å². The molecule has 3 rings (SSSR count). The fourth-order valence-electron chi connectivity index (χ4n) is 2.80. The van der Waals surface area contributed by atoms with Crippen molar-refractivity contribution in [1.29, 1.82) is 0 Å². The summed E-state index contributed by atoms with van der Waals surface area (Å²) in [5.74, 6) is 1.61. The Labute approximate surface area is 169 Å². The van der Waals surface area contributed by atoms with Gasteiger partial charge in [0, 0.05) is 50.6 Å². The molecule has 0 saturated heterocycles. The molecule has 0 aliphatic rings. The van der Waals surface area contributed by atoms with E-state index in [1.807, 2.05) is 43.4 Å². The van der Waals surface area contributed by atoms with Crippen LogP contribution >= 0.6 is 0 Å². The largest absolute Gasteiger partial charge is 0.370 e. The summed E-state index contributed by atoms with van der Waals surface area (Å²) in [6.07, 6.45) is 4.23. The van der Waals surface area contributed by atoms with Gasteiger partial charge >= 0.3 is 0 Å². The van der Waals surface area contributed by atoms with E-state index >= 15 is 0 Å². The molecular weight excluding hydrogens is 368 g/mol. The minimum absolute atomic E-state index is 0.227. The van der Waals surface area contributed by atoms with Gasteiger partial charge in [-0.2, -0.15) is 0 Å². The van der Waals surface area contributed by atoms with Crippen LogP contribution in [0.3, 0.4) is 0 Å². The molecule has 0 aliphatic carbocycles. The Morgan fingerprint density at radius 2 is 1.97 bits per heavy atom. The van der Waals surface area contributed by atoms with Gasteiger partial charge in [0.15, 0.2) is 5.82 Å². The van der Waals surface area contributed by atoms with Gasteiger partial charge < -0.3 is 10.2 Å². The van der Waals surface area contributed by atoms with E-state index in [1.165, 1.54) is 5.56 Å². The third-order valence-corrected chi connectivity index (χ3v) is 4.30. The number of rotatable bonds is 9. The number of aromatic nitrogens is 3. The first kappa shape index (κ1) is 20.2. The second kappa shape index (κ2) is 10.1. The molecule has 0 bridgehead atoms. The normalized spacial score (nSPS) is 10.4. The molecule has 0 fully saturated rings. The first-order valence-corrected chi connectivity index (χ1v) is 9.37. The SMILES string of the molecule is CN(Cc1ccccc1)c1cc(NCCCC(=O)NO)nc(-c2cccnc2)n1. The first-order valence-electron chi connectivity index (χ1n) is 9.37. The van der Waals surface area contributed by atoms with E-state index < -0.39 is 5.91 Å². The van der Waals surface area contributed by atoms with Crippen LogP contribution in [0.25, 0.3) is 11.4 Å². The van der Waals surface area contributed by atoms with Crippen LogP contribution in [-0.2, 0) is 11.3 Å². The van der Waals surface area contributed by atoms with E-state index in [2.05, 4.69) is 32.3 Å². The van der Waals surface area contributed by atoms with Gasteiger partial charge in [0.05, 0.1) is 0 Å². The minimum atomic E-state index is -0.409. The fraction of sp³-hybridized carbons (Fsp3) is 0.238. The molecule has 29 heavy (non-hydrogen) atoms. The molecule has 2 heterocycles. The Balaban J connectivity index is 1.79. The molecular formula is C21H24N6O2. The number of anilines is 2. The summed E-state index contributed by atoms with van der Waals surface area (Å²) in [6, 6.07) is 15.8. The van der Waals surface area contributed by atoms with Gasteiger partial charge in [-0.15, -0.1) is 0 Å². The van der Waals surface area contributed by atoms with Crippen LogP contribution in [0.1, 0.15) is 18.4 Å². The number of amides is 1. The molecule has 0 atom stereocenters. The van der Waals surface area contributed by atoms with Crippen molar-refractivity contribution in [3.05, 3.63) is 66.5 Å². The summed E-state index contributed by atoms with van der Waals surface area (Å²) in [5.41, 5.74) is 3.64. The average molecular weight is 392 g/mol. The molecule has 8 heteroatoms. The smallest absolute Gasteiger partial charge is 0.243 e. The molecule has 8 nitrogen and oxygen atoms in total. The lowest BCUT2D eigenvalue weighted by molar-refractivity contribution is -0.129. The van der Waals surface area contributed by atoms with Crippen molar-refractivity contribution in [3.8, 4) is 11.4 Å². The summed E-state index contributed by atoms with van der Waals surface area (Å²) >= 11 is 0. The molecule has 1 amide bonds. The average Bonchev–Trinajstić information content (AvgIpc) is 2.77. The lowest BCUT2D eigenvalue weighted by atomic mass is 10.2. The number of benzene rings is 1. The van der Waals surface area contributed by atoms with Crippen molar-refractivity contribution in [2.75, 3.05) is 23.8 Å². The lowest BCUT2D eigenvalue weighted by Crippen LogP contribution is -2.20. The van der Waals surface area contributed by atoms with Crippen LogP contribution in [0.15, 0.2) is 60.9 Å². The van der Waals surface area contributed by atoms with Crippen LogP contribution in [0, 0.1) is 0 Å². The van der Waals surface area contributed by atoms with Gasteiger partial charge in [-0.25, -0.2) is 15.4 Å². The topological polar surface area (TPSA) is 103 Å². The highest BCUT2D eigenvalue weighted by Crippen LogP contribution is 2.22. The molecule has 0 saturated carbocycles. The third-order valence-electron chi connectivity index (χ3n) is 4.30. The van der Waals surface area contributed by atoms with Crippen LogP contribution < -0.4 is 15.7 Å². The van der Waals surface area contributed by atoms with Gasteiger partial charge in [0.2, 0.25) is 5.91 Å². The molecule has 150 valence electrons. The number of carbonyl (C=O) groups is 1. The van der Waals surface area contributed by atoms with Crippen molar-refractivity contribution in [3.63, 3.8) is 0 Å². The minimum Gasteiger partial charge on any atom is -0.370 e. The van der Waals surface area contributed by atoms with Gasteiger partial charge in [-0.3, -0.25) is 15.0 Å². The summed E-state index contributed by atoms with van der Waals surface area (Å²) in [5, 5.41) is 11.8. The molecule has 0 aliphatic heterocycles. The zero-order chi connectivity index (χ0) is 20.5. The monoisotopic (exact) mass is 392 g/mol. The number of pyridine rings is 1. The summed E-state index contributed by atoms with van der Waals surface area (Å²) in [6.45, 7) is 1.25. The Morgan fingerprint density at radius 1 is 1.14 bits per heavy atom. The van der Waals surface area contributed by atoms with Crippen LogP contribution in [0.5, 0.6) is 0 Å². The Morgan fingerprint density at radius 3 is 2.69 bits per heavy atom. The highest BCUT2D eigenvalue weighted by atomic mass is 16.5. The maximum absolute atomic E-state index is 11.2. The number of nitrogens with zero attached hydrogens (tertiary/aromatic N) is 4. The zero-order valence-electron chi connectivity index (χ0n) is 16.2. The second-order valence-corrected chi connectivity index (χ2v) is 6.58. The molecule has 3 N–H and O–H groups in total. The molecule has 2 aromatic heterocycles. The van der Waals surface area contributed by atoms with Crippen LogP contribution in [0.2, 0.25) is 0 Å². The predicted molar refractivity (Wildman–Crippen MR) is 111 cm³/mol. The highest BCUT2D eigenvalue weighted by molar-refractivity contribution is 5.74. The van der Waals surface area contributed by atoms with Crippen LogP contribution in [-0.4, -0.2) is 39.7 Å². The van der Waals surface area contributed by atoms with Gasteiger partial charge in [0.25, 0.3) is 0 Å². The Hall–Kier alpha value is -3.52. The fourth-order valence-corrected chi connectivity index (χ4v) is 2.80. The van der Waals surface area contributed by atoms with E-state index in [9.17, 15) is 4.79 Å². The van der Waals surface area contributed by atoms with Gasteiger partial charge in [0.1, 0.15) is 11.6 Å². The van der Waals surface area contributed by atoms with Crippen molar-refractivity contribution in [2.24, 2.45) is 0 Å². The van der Waals surface area contributed by atoms with E-state index in [1.54, 1.807) is 17.9 Å². The number of hydrogen-bond acceptors (Lipinski definition) is 7. The van der Waals surface area contributed by atoms with Crippen LogP contribution in [0.4, 0.5) is 11.6 Å². The van der Waals surface area contributed by atoms with Crippen molar-refractivity contribution < 1.29 is 10.0 Å². The molecule has 0 spiro atoms. The van der Waals surface area contributed by atoms with E-state index in [0.717, 1.165) is 11.4 Å². The third kappa shape index (κ3) is 5.98. The van der Waals surface area contributed by atoms with E-state index in [-0.39, 0.29) is 6.42 Å². The number of hydrogen-bond donors (Lipinski definition) is 3. The quantitative estimate of drug-likeness (QED) is 0.292. The van der Waals surface area contributed by atoms with Gasteiger partial charge in [-0.05, 0) is 24.1 Å². The molecule has 0 unspecified atom stereocenters. The molecule has 1 aromatic carbocycles. The number of nitrogens with one attached hydrogen (secondary N) is 2. The zero-order valence-corrected chi connectivity index (χ0v) is 16.2. The standard InChI is InChI=1S/C21H24N6O2/c1-27(15-16-7-3-2-4-8-16)19-13-18(23-12-6-10-20(28)26-29)24-21(25-19)17-9-5-11-22-14-17/h2-5,7-9,11,13-14,29H,6,10,12,15H2,1H3,(H,26,28)(H,23,24,25).